The lowest BCUT2D eigenvalue weighted by Gasteiger charge is -2.23. The van der Waals surface area contributed by atoms with E-state index in [1.54, 1.807) is 11.1 Å². The Kier molecular flexibility index (Phi) is 2.91. The van der Waals surface area contributed by atoms with Crippen molar-refractivity contribution in [2.24, 2.45) is 0 Å². The molecule has 0 aliphatic carbocycles. The van der Waals surface area contributed by atoms with E-state index in [4.69, 9.17) is 10.00 Å². The number of amides is 1. The van der Waals surface area contributed by atoms with Gasteiger partial charge in [-0.2, -0.15) is 5.26 Å². The maximum Gasteiger partial charge on any atom is 0.410 e. The molecule has 0 bridgehead atoms. The van der Waals surface area contributed by atoms with Gasteiger partial charge in [-0.3, -0.25) is 4.90 Å². The van der Waals surface area contributed by atoms with Crippen LogP contribution in [0.4, 0.5) is 4.79 Å². The minimum atomic E-state index is -0.519. The van der Waals surface area contributed by atoms with Gasteiger partial charge in [0.15, 0.2) is 0 Å². The number of ether oxygens (including phenoxy) is 1. The van der Waals surface area contributed by atoms with E-state index in [1.807, 2.05) is 26.8 Å². The van der Waals surface area contributed by atoms with E-state index >= 15 is 0 Å². The summed E-state index contributed by atoms with van der Waals surface area (Å²) in [5.74, 6) is 0.125. The van der Waals surface area contributed by atoms with E-state index in [1.165, 1.54) is 0 Å². The summed E-state index contributed by atoms with van der Waals surface area (Å²) in [5, 5.41) is 8.72. The molecule has 0 fully saturated rings. The summed E-state index contributed by atoms with van der Waals surface area (Å²) in [6, 6.07) is 1.88. The molecule has 18 heavy (non-hydrogen) atoms. The molecule has 0 atom stereocenters. The number of carbonyl (C=O) groups excluding carboxylic acids is 1. The predicted octanol–water partition coefficient (Wildman–Crippen LogP) is 1.60. The van der Waals surface area contributed by atoms with E-state index in [2.05, 4.69) is 9.97 Å². The number of hydrogen-bond donors (Lipinski definition) is 0. The second-order valence-electron chi connectivity index (χ2n) is 5.11. The predicted molar refractivity (Wildman–Crippen MR) is 62.2 cm³/mol. The monoisotopic (exact) mass is 246 g/mol. The topological polar surface area (TPSA) is 79.1 Å². The van der Waals surface area contributed by atoms with Gasteiger partial charge >= 0.3 is 6.09 Å². The normalized spacial score (nSPS) is 14.0. The molecule has 1 amide bonds. The van der Waals surface area contributed by atoms with Crippen molar-refractivity contribution >= 4 is 6.09 Å². The third kappa shape index (κ3) is 2.56. The molecule has 1 aliphatic rings. The standard InChI is InChI=1S/C12H14N4O2/c1-12(2,3)18-11(17)16-6-8-5-14-10(4-13)15-9(8)7-16/h5H,6-7H2,1-3H3. The van der Waals surface area contributed by atoms with Crippen molar-refractivity contribution in [2.45, 2.75) is 39.5 Å². The Morgan fingerprint density at radius 2 is 2.22 bits per heavy atom. The molecule has 0 saturated heterocycles. The van der Waals surface area contributed by atoms with Gasteiger partial charge in [0.05, 0.1) is 18.8 Å². The fourth-order valence-corrected chi connectivity index (χ4v) is 1.66. The van der Waals surface area contributed by atoms with Crippen LogP contribution >= 0.6 is 0 Å². The summed E-state index contributed by atoms with van der Waals surface area (Å²) < 4.78 is 5.28. The molecule has 0 radical (unpaired) electrons. The summed E-state index contributed by atoms with van der Waals surface area (Å²) in [7, 11) is 0. The molecule has 2 heterocycles. The lowest BCUT2D eigenvalue weighted by atomic mass is 10.2. The van der Waals surface area contributed by atoms with E-state index in [-0.39, 0.29) is 11.9 Å². The van der Waals surface area contributed by atoms with Crippen molar-refractivity contribution in [3.05, 3.63) is 23.3 Å². The van der Waals surface area contributed by atoms with Gasteiger partial charge in [-0.05, 0) is 20.8 Å². The van der Waals surface area contributed by atoms with Crippen LogP contribution in [-0.2, 0) is 17.8 Å². The minimum Gasteiger partial charge on any atom is -0.444 e. The van der Waals surface area contributed by atoms with E-state index in [0.29, 0.717) is 18.8 Å². The first kappa shape index (κ1) is 12.3. The summed E-state index contributed by atoms with van der Waals surface area (Å²) >= 11 is 0. The molecule has 1 aromatic rings. The molecule has 0 saturated carbocycles. The average Bonchev–Trinajstić information content (AvgIpc) is 2.69. The Hall–Kier alpha value is -2.16. The zero-order chi connectivity index (χ0) is 13.3. The quantitative estimate of drug-likeness (QED) is 0.694. The number of rotatable bonds is 0. The molecular formula is C12H14N4O2. The lowest BCUT2D eigenvalue weighted by Crippen LogP contribution is -2.33. The fraction of sp³-hybridized carbons (Fsp3) is 0.500. The van der Waals surface area contributed by atoms with Crippen LogP contribution in [0.25, 0.3) is 0 Å². The van der Waals surface area contributed by atoms with Gasteiger partial charge < -0.3 is 4.74 Å². The Morgan fingerprint density at radius 3 is 2.83 bits per heavy atom. The van der Waals surface area contributed by atoms with Crippen LogP contribution in [0.5, 0.6) is 0 Å². The second-order valence-corrected chi connectivity index (χ2v) is 5.11. The summed E-state index contributed by atoms with van der Waals surface area (Å²) in [6.07, 6.45) is 1.21. The highest BCUT2D eigenvalue weighted by molar-refractivity contribution is 5.69. The molecule has 0 spiro atoms. The fourth-order valence-electron chi connectivity index (χ4n) is 1.66. The van der Waals surface area contributed by atoms with Gasteiger partial charge in [0.1, 0.15) is 11.7 Å². The Labute approximate surface area is 105 Å². The number of nitrogens with zero attached hydrogens (tertiary/aromatic N) is 4. The molecular weight excluding hydrogens is 232 g/mol. The van der Waals surface area contributed by atoms with Crippen LogP contribution in [0.15, 0.2) is 6.20 Å². The van der Waals surface area contributed by atoms with Crippen molar-refractivity contribution in [1.29, 1.82) is 5.26 Å². The van der Waals surface area contributed by atoms with Gasteiger partial charge in [0, 0.05) is 11.8 Å². The Morgan fingerprint density at radius 1 is 1.50 bits per heavy atom. The Bertz CT molecular complexity index is 528. The first-order chi connectivity index (χ1) is 8.39. The highest BCUT2D eigenvalue weighted by Gasteiger charge is 2.28. The highest BCUT2D eigenvalue weighted by Crippen LogP contribution is 2.22. The summed E-state index contributed by atoms with van der Waals surface area (Å²) in [5.41, 5.74) is 1.06. The minimum absolute atomic E-state index is 0.125. The maximum absolute atomic E-state index is 11.9. The zero-order valence-corrected chi connectivity index (χ0v) is 10.6. The summed E-state index contributed by atoms with van der Waals surface area (Å²) in [6.45, 7) is 6.25. The van der Waals surface area contributed by atoms with E-state index < -0.39 is 5.60 Å². The van der Waals surface area contributed by atoms with Crippen molar-refractivity contribution in [1.82, 2.24) is 14.9 Å². The highest BCUT2D eigenvalue weighted by atomic mass is 16.6. The van der Waals surface area contributed by atoms with Crippen LogP contribution in [0.3, 0.4) is 0 Å². The van der Waals surface area contributed by atoms with E-state index in [0.717, 1.165) is 5.56 Å². The van der Waals surface area contributed by atoms with E-state index in [9.17, 15) is 4.79 Å². The number of carbonyl (C=O) groups is 1. The molecule has 0 unspecified atom stereocenters. The van der Waals surface area contributed by atoms with Crippen LogP contribution in [-0.4, -0.2) is 26.6 Å². The van der Waals surface area contributed by atoms with Crippen LogP contribution in [0.2, 0.25) is 0 Å². The first-order valence-electron chi connectivity index (χ1n) is 5.62. The second kappa shape index (κ2) is 4.26. The van der Waals surface area contributed by atoms with Crippen molar-refractivity contribution < 1.29 is 9.53 Å². The summed E-state index contributed by atoms with van der Waals surface area (Å²) in [4.78, 5) is 21.4. The van der Waals surface area contributed by atoms with Crippen molar-refractivity contribution in [2.75, 3.05) is 0 Å². The molecule has 6 nitrogen and oxygen atoms in total. The van der Waals surface area contributed by atoms with Crippen molar-refractivity contribution in [3.63, 3.8) is 0 Å². The third-order valence-electron chi connectivity index (χ3n) is 2.41. The van der Waals surface area contributed by atoms with Gasteiger partial charge in [0.2, 0.25) is 5.82 Å². The zero-order valence-electron chi connectivity index (χ0n) is 10.6. The smallest absolute Gasteiger partial charge is 0.410 e. The molecule has 0 aromatic carbocycles. The average molecular weight is 246 g/mol. The largest absolute Gasteiger partial charge is 0.444 e. The van der Waals surface area contributed by atoms with Crippen LogP contribution in [0, 0.1) is 11.3 Å². The lowest BCUT2D eigenvalue weighted by molar-refractivity contribution is 0.0240. The molecule has 94 valence electrons. The molecule has 2 rings (SSSR count). The molecule has 1 aromatic heterocycles. The van der Waals surface area contributed by atoms with Gasteiger partial charge in [-0.15, -0.1) is 0 Å². The molecule has 6 heteroatoms. The number of nitriles is 1. The van der Waals surface area contributed by atoms with Gasteiger partial charge in [-0.25, -0.2) is 14.8 Å². The van der Waals surface area contributed by atoms with Gasteiger partial charge in [-0.1, -0.05) is 0 Å². The third-order valence-corrected chi connectivity index (χ3v) is 2.41. The number of hydrogen-bond acceptors (Lipinski definition) is 5. The van der Waals surface area contributed by atoms with Crippen LogP contribution in [0.1, 0.15) is 37.9 Å². The van der Waals surface area contributed by atoms with Crippen molar-refractivity contribution in [3.8, 4) is 6.07 Å². The first-order valence-corrected chi connectivity index (χ1v) is 5.62. The maximum atomic E-state index is 11.9. The van der Waals surface area contributed by atoms with Crippen LogP contribution < -0.4 is 0 Å². The molecule has 0 N–H and O–H groups in total. The molecule has 1 aliphatic heterocycles. The Balaban J connectivity index is 2.11. The van der Waals surface area contributed by atoms with Gasteiger partial charge in [0.25, 0.3) is 0 Å². The number of aromatic nitrogens is 2. The SMILES string of the molecule is CC(C)(C)OC(=O)N1Cc2cnc(C#N)nc2C1. The number of fused-ring (bicyclic) bond motifs is 1.